The third-order valence-electron chi connectivity index (χ3n) is 10.9. The average Bonchev–Trinajstić information content (AvgIpc) is 3.65. The first-order chi connectivity index (χ1) is 27.3. The summed E-state index contributed by atoms with van der Waals surface area (Å²) in [4.78, 5) is 10.2. The lowest BCUT2D eigenvalue weighted by atomic mass is 9.93. The number of rotatable bonds is 5. The highest BCUT2D eigenvalue weighted by Gasteiger charge is 2.20. The zero-order chi connectivity index (χ0) is 36.3. The van der Waals surface area contributed by atoms with Crippen LogP contribution in [0, 0.1) is 0 Å². The van der Waals surface area contributed by atoms with E-state index >= 15 is 0 Å². The van der Waals surface area contributed by atoms with Gasteiger partial charge in [0.05, 0.1) is 22.9 Å². The molecule has 0 unspecified atom stereocenters. The van der Waals surface area contributed by atoms with Crippen molar-refractivity contribution < 1.29 is 4.42 Å². The van der Waals surface area contributed by atoms with Gasteiger partial charge in [-0.1, -0.05) is 164 Å². The van der Waals surface area contributed by atoms with Crippen LogP contribution < -0.4 is 0 Å². The van der Waals surface area contributed by atoms with Gasteiger partial charge in [-0.25, -0.2) is 4.98 Å². The minimum atomic E-state index is 0.850. The van der Waals surface area contributed by atoms with E-state index in [0.29, 0.717) is 0 Å². The smallest absolute Gasteiger partial charge is 0.143 e. The van der Waals surface area contributed by atoms with E-state index in [4.69, 9.17) is 14.4 Å². The zero-order valence-electron chi connectivity index (χ0n) is 29.8. The Kier molecular flexibility index (Phi) is 7.17. The third-order valence-corrected chi connectivity index (χ3v) is 10.9. The quantitative estimate of drug-likeness (QED) is 0.168. The molecule has 3 nitrogen and oxygen atoms in total. The van der Waals surface area contributed by atoms with Gasteiger partial charge >= 0.3 is 0 Å². The number of benzene rings is 9. The van der Waals surface area contributed by atoms with Gasteiger partial charge in [-0.05, 0) is 68.4 Å². The Balaban J connectivity index is 1.09. The van der Waals surface area contributed by atoms with E-state index in [1.807, 2.05) is 6.20 Å². The Labute approximate surface area is 317 Å². The van der Waals surface area contributed by atoms with Crippen molar-refractivity contribution in [3.63, 3.8) is 0 Å². The van der Waals surface area contributed by atoms with Gasteiger partial charge in [-0.15, -0.1) is 0 Å². The molecule has 11 aromatic rings. The van der Waals surface area contributed by atoms with Crippen molar-refractivity contribution in [2.45, 2.75) is 0 Å². The van der Waals surface area contributed by atoms with Gasteiger partial charge in [0.2, 0.25) is 0 Å². The van der Waals surface area contributed by atoms with Crippen molar-refractivity contribution in [1.82, 2.24) is 9.97 Å². The minimum Gasteiger partial charge on any atom is -0.455 e. The van der Waals surface area contributed by atoms with Crippen molar-refractivity contribution >= 4 is 54.5 Å². The minimum absolute atomic E-state index is 0.850. The van der Waals surface area contributed by atoms with Gasteiger partial charge in [0, 0.05) is 38.2 Å². The summed E-state index contributed by atoms with van der Waals surface area (Å²) in [5, 5.41) is 6.80. The van der Waals surface area contributed by atoms with Crippen LogP contribution in [-0.4, -0.2) is 9.97 Å². The zero-order valence-corrected chi connectivity index (χ0v) is 29.8. The van der Waals surface area contributed by atoms with Crippen LogP contribution in [0.2, 0.25) is 0 Å². The summed E-state index contributed by atoms with van der Waals surface area (Å²) in [5.74, 6) is 0. The summed E-state index contributed by atoms with van der Waals surface area (Å²) in [7, 11) is 0. The molecule has 2 heterocycles. The summed E-state index contributed by atoms with van der Waals surface area (Å²) in [6, 6.07) is 66.5. The van der Waals surface area contributed by atoms with Gasteiger partial charge in [-0.3, -0.25) is 4.98 Å². The van der Waals surface area contributed by atoms with Crippen molar-refractivity contribution in [1.29, 1.82) is 0 Å². The van der Waals surface area contributed by atoms with E-state index in [0.717, 1.165) is 93.9 Å². The van der Waals surface area contributed by atoms with Crippen molar-refractivity contribution in [2.24, 2.45) is 0 Å². The SMILES string of the molecule is c1ccc(-c2cc(-c3ccccc3)c3oc4c(-c5ccccc5)cc(-c5ccc(-c6cnc7c8ccccc8c8ccccc8c7n6)cc5)cc4c3c2)cc1. The average molecular weight is 701 g/mol. The number of fused-ring (bicyclic) bond motifs is 9. The third kappa shape index (κ3) is 5.20. The molecule has 0 amide bonds. The lowest BCUT2D eigenvalue weighted by molar-refractivity contribution is 0.671. The van der Waals surface area contributed by atoms with Crippen LogP contribution >= 0.6 is 0 Å². The van der Waals surface area contributed by atoms with Crippen LogP contribution in [0.15, 0.2) is 199 Å². The first kappa shape index (κ1) is 31.2. The topological polar surface area (TPSA) is 38.9 Å². The molecule has 0 atom stereocenters. The summed E-state index contributed by atoms with van der Waals surface area (Å²) < 4.78 is 6.96. The fourth-order valence-electron chi connectivity index (χ4n) is 8.20. The van der Waals surface area contributed by atoms with Crippen LogP contribution in [0.25, 0.3) is 110 Å². The molecule has 0 saturated heterocycles. The maximum Gasteiger partial charge on any atom is 0.143 e. The van der Waals surface area contributed by atoms with E-state index in [1.165, 1.54) is 16.3 Å². The second-order valence-corrected chi connectivity index (χ2v) is 14.1. The van der Waals surface area contributed by atoms with Crippen molar-refractivity contribution in [3.05, 3.63) is 194 Å². The van der Waals surface area contributed by atoms with E-state index in [2.05, 4.69) is 188 Å². The molecule has 9 aromatic carbocycles. The highest BCUT2D eigenvalue weighted by molar-refractivity contribution is 6.23. The highest BCUT2D eigenvalue weighted by atomic mass is 16.3. The van der Waals surface area contributed by atoms with E-state index in [-0.39, 0.29) is 0 Å². The summed E-state index contributed by atoms with van der Waals surface area (Å²) in [6.07, 6.45) is 1.91. The van der Waals surface area contributed by atoms with Crippen LogP contribution in [-0.2, 0) is 0 Å². The predicted molar refractivity (Wildman–Crippen MR) is 229 cm³/mol. The molecule has 0 aliphatic heterocycles. The Morgan fingerprint density at radius 1 is 0.309 bits per heavy atom. The number of hydrogen-bond donors (Lipinski definition) is 0. The summed E-state index contributed by atoms with van der Waals surface area (Å²) in [6.45, 7) is 0. The van der Waals surface area contributed by atoms with Gasteiger partial charge in [-0.2, -0.15) is 0 Å². The molecule has 0 aliphatic rings. The maximum atomic E-state index is 6.96. The maximum absolute atomic E-state index is 6.96. The van der Waals surface area contributed by atoms with Gasteiger partial charge in [0.1, 0.15) is 11.2 Å². The van der Waals surface area contributed by atoms with Crippen molar-refractivity contribution in [2.75, 3.05) is 0 Å². The summed E-state index contributed by atoms with van der Waals surface area (Å²) in [5.41, 5.74) is 14.4. The molecule has 256 valence electrons. The molecular weight excluding hydrogens is 669 g/mol. The van der Waals surface area contributed by atoms with Crippen LogP contribution in [0.1, 0.15) is 0 Å². The molecule has 0 radical (unpaired) electrons. The van der Waals surface area contributed by atoms with Gasteiger partial charge < -0.3 is 4.42 Å². The number of hydrogen-bond acceptors (Lipinski definition) is 3. The van der Waals surface area contributed by atoms with E-state index < -0.39 is 0 Å². The van der Waals surface area contributed by atoms with Gasteiger partial charge in [0.15, 0.2) is 0 Å². The number of furan rings is 1. The Hall–Kier alpha value is -7.36. The fourth-order valence-corrected chi connectivity index (χ4v) is 8.20. The normalized spacial score (nSPS) is 11.6. The molecule has 0 aliphatic carbocycles. The molecule has 2 aromatic heterocycles. The van der Waals surface area contributed by atoms with Crippen LogP contribution in [0.3, 0.4) is 0 Å². The predicted octanol–water partition coefficient (Wildman–Crippen LogP) is 14.2. The van der Waals surface area contributed by atoms with Crippen LogP contribution in [0.4, 0.5) is 0 Å². The number of nitrogens with zero attached hydrogens (tertiary/aromatic N) is 2. The standard InChI is InChI=1S/C52H32N2O/c1-4-14-33(15-5-1)38-28-44(35-16-6-2-7-17-35)51-46(30-38)47-31-39(29-45(52(47)55-51)36-18-8-3-9-19-36)34-24-26-37(27-25-34)48-32-53-49-42-22-12-10-20-40(42)41-21-11-13-23-43(41)50(49)54-48/h1-32H. The first-order valence-electron chi connectivity index (χ1n) is 18.6. The summed E-state index contributed by atoms with van der Waals surface area (Å²) >= 11 is 0. The first-order valence-corrected chi connectivity index (χ1v) is 18.6. The Bertz CT molecular complexity index is 3190. The molecule has 0 spiro atoms. The molecule has 0 N–H and O–H groups in total. The highest BCUT2D eigenvalue weighted by Crippen LogP contribution is 2.44. The van der Waals surface area contributed by atoms with Crippen molar-refractivity contribution in [3.8, 4) is 55.8 Å². The molecule has 0 saturated carbocycles. The van der Waals surface area contributed by atoms with Gasteiger partial charge in [0.25, 0.3) is 0 Å². The molecule has 3 heteroatoms. The Morgan fingerprint density at radius 3 is 1.25 bits per heavy atom. The molecule has 0 bridgehead atoms. The van der Waals surface area contributed by atoms with E-state index in [9.17, 15) is 0 Å². The largest absolute Gasteiger partial charge is 0.455 e. The van der Waals surface area contributed by atoms with Crippen LogP contribution in [0.5, 0.6) is 0 Å². The second-order valence-electron chi connectivity index (χ2n) is 14.1. The molecule has 11 rings (SSSR count). The van der Waals surface area contributed by atoms with E-state index in [1.54, 1.807) is 0 Å². The molecule has 55 heavy (non-hydrogen) atoms. The molecule has 0 fully saturated rings. The molecular formula is C52H32N2O. The Morgan fingerprint density at radius 2 is 0.727 bits per heavy atom. The fraction of sp³-hybridized carbons (Fsp3) is 0. The number of aromatic nitrogens is 2. The lowest BCUT2D eigenvalue weighted by Gasteiger charge is -2.11. The monoisotopic (exact) mass is 700 g/mol. The lowest BCUT2D eigenvalue weighted by Crippen LogP contribution is -1.92. The second kappa shape index (κ2) is 12.6.